The second-order valence-corrected chi connectivity index (χ2v) is 6.03. The van der Waals surface area contributed by atoms with Crippen molar-refractivity contribution in [2.45, 2.75) is 45.2 Å². The number of hydrogen-bond donors (Lipinski definition) is 0. The van der Waals surface area contributed by atoms with E-state index in [9.17, 15) is 0 Å². The molecule has 1 aliphatic rings. The van der Waals surface area contributed by atoms with Gasteiger partial charge in [0.25, 0.3) is 0 Å². The Morgan fingerprint density at radius 1 is 1.17 bits per heavy atom. The van der Waals surface area contributed by atoms with Crippen LogP contribution >= 0.6 is 0 Å². The van der Waals surface area contributed by atoms with Crippen LogP contribution in [-0.2, 0) is 13.1 Å². The Balaban J connectivity index is 1.48. The van der Waals surface area contributed by atoms with Gasteiger partial charge in [-0.2, -0.15) is 4.98 Å². The number of nitrogens with zero attached hydrogens (tertiary/aromatic N) is 5. The van der Waals surface area contributed by atoms with Gasteiger partial charge in [-0.05, 0) is 41.3 Å². The summed E-state index contributed by atoms with van der Waals surface area (Å²) in [6.45, 7) is 4.41. The van der Waals surface area contributed by atoms with Crippen LogP contribution in [0.2, 0.25) is 0 Å². The van der Waals surface area contributed by atoms with Crippen LogP contribution in [0.15, 0.2) is 27.4 Å². The van der Waals surface area contributed by atoms with Gasteiger partial charge < -0.3 is 4.52 Å². The van der Waals surface area contributed by atoms with Crippen LogP contribution < -0.4 is 0 Å². The van der Waals surface area contributed by atoms with Crippen LogP contribution in [-0.4, -0.2) is 31.9 Å². The second-order valence-electron chi connectivity index (χ2n) is 6.03. The van der Waals surface area contributed by atoms with E-state index >= 15 is 0 Å². The molecular formula is C16H19N5O2. The molecule has 0 amide bonds. The number of hydrogen-bond acceptors (Lipinski definition) is 7. The monoisotopic (exact) mass is 313 g/mol. The summed E-state index contributed by atoms with van der Waals surface area (Å²) in [5, 5.41) is 12.0. The maximum atomic E-state index is 5.40. The highest BCUT2D eigenvalue weighted by molar-refractivity contribution is 5.76. The van der Waals surface area contributed by atoms with Crippen molar-refractivity contribution < 1.29 is 9.15 Å². The highest BCUT2D eigenvalue weighted by Gasteiger charge is 2.25. The first-order chi connectivity index (χ1) is 11.3. The first-order valence-corrected chi connectivity index (χ1v) is 8.08. The third kappa shape index (κ3) is 2.84. The molecule has 7 nitrogen and oxygen atoms in total. The van der Waals surface area contributed by atoms with Gasteiger partial charge in [0.1, 0.15) is 11.0 Å². The number of benzene rings is 1. The van der Waals surface area contributed by atoms with Gasteiger partial charge in [0.15, 0.2) is 5.82 Å². The van der Waals surface area contributed by atoms with E-state index in [0.29, 0.717) is 12.5 Å². The SMILES string of the molecule is CCN(Cc1noc(C2CCC2)n1)Cc1cccc2nonc12. The quantitative estimate of drug-likeness (QED) is 0.692. The molecule has 0 saturated heterocycles. The van der Waals surface area contributed by atoms with Crippen LogP contribution in [0, 0.1) is 0 Å². The Morgan fingerprint density at radius 2 is 2.09 bits per heavy atom. The summed E-state index contributed by atoms with van der Waals surface area (Å²) in [7, 11) is 0. The molecular weight excluding hydrogens is 294 g/mol. The minimum absolute atomic E-state index is 0.473. The Kier molecular flexibility index (Phi) is 3.78. The van der Waals surface area contributed by atoms with Crippen LogP contribution in [0.5, 0.6) is 0 Å². The van der Waals surface area contributed by atoms with Crippen molar-refractivity contribution in [2.24, 2.45) is 0 Å². The van der Waals surface area contributed by atoms with E-state index in [0.717, 1.165) is 41.4 Å². The second kappa shape index (κ2) is 6.08. The Bertz CT molecular complexity index is 792. The molecule has 1 saturated carbocycles. The van der Waals surface area contributed by atoms with Crippen molar-refractivity contribution in [3.63, 3.8) is 0 Å². The zero-order valence-electron chi connectivity index (χ0n) is 13.1. The molecule has 2 heterocycles. The Morgan fingerprint density at radius 3 is 2.87 bits per heavy atom. The molecule has 1 aliphatic carbocycles. The van der Waals surface area contributed by atoms with Gasteiger partial charge in [0, 0.05) is 12.5 Å². The lowest BCUT2D eigenvalue weighted by Gasteiger charge is -2.20. The molecule has 0 radical (unpaired) electrons. The molecule has 120 valence electrons. The lowest BCUT2D eigenvalue weighted by Crippen LogP contribution is -2.23. The minimum Gasteiger partial charge on any atom is -0.339 e. The summed E-state index contributed by atoms with van der Waals surface area (Å²) in [6, 6.07) is 5.92. The summed E-state index contributed by atoms with van der Waals surface area (Å²) < 4.78 is 10.2. The maximum Gasteiger partial charge on any atom is 0.229 e. The van der Waals surface area contributed by atoms with E-state index in [2.05, 4.69) is 32.3 Å². The molecule has 23 heavy (non-hydrogen) atoms. The van der Waals surface area contributed by atoms with E-state index < -0.39 is 0 Å². The predicted molar refractivity (Wildman–Crippen MR) is 82.5 cm³/mol. The summed E-state index contributed by atoms with van der Waals surface area (Å²) >= 11 is 0. The highest BCUT2D eigenvalue weighted by atomic mass is 16.6. The summed E-state index contributed by atoms with van der Waals surface area (Å²) in [5.74, 6) is 2.02. The molecule has 3 aromatic rings. The number of rotatable bonds is 6. The van der Waals surface area contributed by atoms with E-state index in [-0.39, 0.29) is 0 Å². The molecule has 0 bridgehead atoms. The fraction of sp³-hybridized carbons (Fsp3) is 0.500. The largest absolute Gasteiger partial charge is 0.339 e. The topological polar surface area (TPSA) is 81.1 Å². The van der Waals surface area contributed by atoms with E-state index in [4.69, 9.17) is 9.15 Å². The molecule has 2 aromatic heterocycles. The molecule has 1 fully saturated rings. The van der Waals surface area contributed by atoms with E-state index in [1.54, 1.807) is 0 Å². The lowest BCUT2D eigenvalue weighted by atomic mass is 9.85. The zero-order valence-corrected chi connectivity index (χ0v) is 13.1. The Labute approximate surface area is 133 Å². The third-order valence-electron chi connectivity index (χ3n) is 4.51. The molecule has 7 heteroatoms. The number of aromatic nitrogens is 4. The fourth-order valence-corrected chi connectivity index (χ4v) is 2.86. The molecule has 1 aromatic carbocycles. The predicted octanol–water partition coefficient (Wildman–Crippen LogP) is 2.90. The zero-order chi connectivity index (χ0) is 15.6. The third-order valence-corrected chi connectivity index (χ3v) is 4.51. The van der Waals surface area contributed by atoms with Crippen molar-refractivity contribution >= 4 is 11.0 Å². The van der Waals surface area contributed by atoms with Gasteiger partial charge in [-0.15, -0.1) is 0 Å². The average Bonchev–Trinajstić information content (AvgIpc) is 3.14. The lowest BCUT2D eigenvalue weighted by molar-refractivity contribution is 0.256. The molecule has 4 rings (SSSR count). The minimum atomic E-state index is 0.473. The van der Waals surface area contributed by atoms with E-state index in [1.165, 1.54) is 19.3 Å². The molecule has 0 N–H and O–H groups in total. The van der Waals surface area contributed by atoms with E-state index in [1.807, 2.05) is 18.2 Å². The van der Waals surface area contributed by atoms with Crippen LogP contribution in [0.4, 0.5) is 0 Å². The van der Waals surface area contributed by atoms with Crippen molar-refractivity contribution in [1.29, 1.82) is 0 Å². The van der Waals surface area contributed by atoms with Gasteiger partial charge in [-0.25, -0.2) is 4.63 Å². The highest BCUT2D eigenvalue weighted by Crippen LogP contribution is 2.35. The van der Waals surface area contributed by atoms with Gasteiger partial charge in [0.05, 0.1) is 6.54 Å². The summed E-state index contributed by atoms with van der Waals surface area (Å²) in [4.78, 5) is 6.80. The first-order valence-electron chi connectivity index (χ1n) is 8.08. The first kappa shape index (κ1) is 14.3. The van der Waals surface area contributed by atoms with Crippen molar-refractivity contribution in [3.8, 4) is 0 Å². The van der Waals surface area contributed by atoms with Crippen LogP contribution in [0.3, 0.4) is 0 Å². The van der Waals surface area contributed by atoms with Gasteiger partial charge in [0.2, 0.25) is 5.89 Å². The van der Waals surface area contributed by atoms with Crippen LogP contribution in [0.25, 0.3) is 11.0 Å². The normalized spacial score (nSPS) is 15.4. The Hall–Kier alpha value is -2.28. The number of fused-ring (bicyclic) bond motifs is 1. The molecule has 0 spiro atoms. The summed E-state index contributed by atoms with van der Waals surface area (Å²) in [5.41, 5.74) is 2.69. The molecule has 0 aliphatic heterocycles. The van der Waals surface area contributed by atoms with Crippen LogP contribution in [0.1, 0.15) is 49.4 Å². The maximum absolute atomic E-state index is 5.40. The smallest absolute Gasteiger partial charge is 0.229 e. The molecule has 0 unspecified atom stereocenters. The average molecular weight is 313 g/mol. The van der Waals surface area contributed by atoms with Crippen molar-refractivity contribution in [3.05, 3.63) is 35.5 Å². The fourth-order valence-electron chi connectivity index (χ4n) is 2.86. The van der Waals surface area contributed by atoms with Gasteiger partial charge in [-0.1, -0.05) is 30.6 Å². The van der Waals surface area contributed by atoms with Crippen molar-refractivity contribution in [1.82, 2.24) is 25.4 Å². The van der Waals surface area contributed by atoms with Gasteiger partial charge in [-0.3, -0.25) is 4.90 Å². The summed E-state index contributed by atoms with van der Waals surface area (Å²) in [6.07, 6.45) is 3.60. The van der Waals surface area contributed by atoms with Crippen molar-refractivity contribution in [2.75, 3.05) is 6.54 Å². The standard InChI is InChI=1S/C16H19N5O2/c1-2-21(9-12-7-4-8-13-15(12)20-23-18-13)10-14-17-16(22-19-14)11-5-3-6-11/h4,7-8,11H,2-3,5-6,9-10H2,1H3. The van der Waals surface area contributed by atoms with Gasteiger partial charge >= 0.3 is 0 Å². The molecule has 0 atom stereocenters.